The second-order valence-corrected chi connectivity index (χ2v) is 4.53. The minimum atomic E-state index is -0.334. The van der Waals surface area contributed by atoms with Crippen molar-refractivity contribution in [2.45, 2.75) is 19.8 Å². The van der Waals surface area contributed by atoms with Crippen molar-refractivity contribution in [1.29, 1.82) is 0 Å². The summed E-state index contributed by atoms with van der Waals surface area (Å²) in [5.41, 5.74) is 1.14. The number of rotatable bonds is 5. The van der Waals surface area contributed by atoms with Gasteiger partial charge in [-0.15, -0.1) is 11.6 Å². The number of aryl methyl sites for hydroxylation is 1. The van der Waals surface area contributed by atoms with Gasteiger partial charge in [-0.3, -0.25) is 0 Å². The van der Waals surface area contributed by atoms with E-state index in [1.165, 1.54) is 6.07 Å². The first kappa shape index (κ1) is 13.0. The van der Waals surface area contributed by atoms with Gasteiger partial charge in [-0.2, -0.15) is 0 Å². The normalized spacial score (nSPS) is 10.8. The second kappa shape index (κ2) is 5.91. The Morgan fingerprint density at radius 1 is 1.28 bits per heavy atom. The predicted octanol–water partition coefficient (Wildman–Crippen LogP) is 3.50. The number of unbranched alkanes of at least 4 members (excludes halogenated alkanes) is 1. The Labute approximate surface area is 110 Å². The molecule has 0 atom stereocenters. The van der Waals surface area contributed by atoms with Crippen LogP contribution in [0.2, 0.25) is 0 Å². The lowest BCUT2D eigenvalue weighted by Gasteiger charge is -2.07. The van der Waals surface area contributed by atoms with Crippen LogP contribution in [0, 0.1) is 6.92 Å². The van der Waals surface area contributed by atoms with Crippen molar-refractivity contribution in [3.05, 3.63) is 40.2 Å². The molecule has 0 spiro atoms. The number of ether oxygens (including phenoxy) is 1. The van der Waals surface area contributed by atoms with E-state index in [9.17, 15) is 4.79 Å². The molecule has 0 amide bonds. The van der Waals surface area contributed by atoms with Gasteiger partial charge in [-0.05, 0) is 37.5 Å². The highest BCUT2D eigenvalue weighted by Gasteiger charge is 2.03. The molecule has 3 nitrogen and oxygen atoms in total. The van der Waals surface area contributed by atoms with Gasteiger partial charge in [-0.25, -0.2) is 4.79 Å². The molecule has 1 aromatic heterocycles. The lowest BCUT2D eigenvalue weighted by Crippen LogP contribution is -2.00. The zero-order valence-corrected chi connectivity index (χ0v) is 11.0. The molecule has 96 valence electrons. The van der Waals surface area contributed by atoms with E-state index in [-0.39, 0.29) is 5.63 Å². The van der Waals surface area contributed by atoms with E-state index in [0.717, 1.165) is 23.8 Å². The molecule has 0 bridgehead atoms. The van der Waals surface area contributed by atoms with Crippen LogP contribution in [-0.4, -0.2) is 12.5 Å². The van der Waals surface area contributed by atoms with Gasteiger partial charge in [0.05, 0.1) is 6.61 Å². The van der Waals surface area contributed by atoms with Crippen LogP contribution in [0.3, 0.4) is 0 Å². The van der Waals surface area contributed by atoms with Crippen molar-refractivity contribution in [2.75, 3.05) is 12.5 Å². The molecule has 1 aromatic carbocycles. The first-order chi connectivity index (χ1) is 8.70. The Morgan fingerprint density at radius 2 is 2.11 bits per heavy atom. The van der Waals surface area contributed by atoms with Gasteiger partial charge < -0.3 is 9.15 Å². The highest BCUT2D eigenvalue weighted by atomic mass is 35.5. The van der Waals surface area contributed by atoms with Crippen LogP contribution in [0.5, 0.6) is 5.75 Å². The third kappa shape index (κ3) is 3.05. The van der Waals surface area contributed by atoms with Gasteiger partial charge in [0, 0.05) is 23.4 Å². The van der Waals surface area contributed by atoms with E-state index in [1.54, 1.807) is 6.07 Å². The van der Waals surface area contributed by atoms with E-state index < -0.39 is 0 Å². The second-order valence-electron chi connectivity index (χ2n) is 4.15. The molecule has 1 heterocycles. The molecular formula is C14H15ClO3. The number of hydrogen-bond donors (Lipinski definition) is 0. The summed E-state index contributed by atoms with van der Waals surface area (Å²) in [6, 6.07) is 7.04. The summed E-state index contributed by atoms with van der Waals surface area (Å²) in [7, 11) is 0. The zero-order chi connectivity index (χ0) is 13.0. The minimum absolute atomic E-state index is 0.334. The Bertz CT molecular complexity index is 589. The monoisotopic (exact) mass is 266 g/mol. The van der Waals surface area contributed by atoms with Crippen LogP contribution in [0.4, 0.5) is 0 Å². The van der Waals surface area contributed by atoms with Crippen molar-refractivity contribution < 1.29 is 9.15 Å². The average molecular weight is 267 g/mol. The predicted molar refractivity (Wildman–Crippen MR) is 72.7 cm³/mol. The third-order valence-corrected chi connectivity index (χ3v) is 2.99. The minimum Gasteiger partial charge on any atom is -0.493 e. The largest absolute Gasteiger partial charge is 0.493 e. The van der Waals surface area contributed by atoms with Gasteiger partial charge in [0.1, 0.15) is 11.3 Å². The topological polar surface area (TPSA) is 39.4 Å². The summed E-state index contributed by atoms with van der Waals surface area (Å²) in [5, 5.41) is 0.933. The zero-order valence-electron chi connectivity index (χ0n) is 10.2. The van der Waals surface area contributed by atoms with Crippen LogP contribution in [0.1, 0.15) is 18.4 Å². The molecule has 0 aliphatic rings. The maximum absolute atomic E-state index is 11.3. The number of halogens is 1. The Hall–Kier alpha value is -1.48. The van der Waals surface area contributed by atoms with Crippen molar-refractivity contribution in [3.8, 4) is 5.75 Å². The number of fused-ring (bicyclic) bond motifs is 1. The molecule has 2 aromatic rings. The highest BCUT2D eigenvalue weighted by molar-refractivity contribution is 6.17. The summed E-state index contributed by atoms with van der Waals surface area (Å²) in [6.45, 7) is 2.51. The molecule has 0 aliphatic carbocycles. The summed E-state index contributed by atoms with van der Waals surface area (Å²) >= 11 is 5.59. The van der Waals surface area contributed by atoms with Gasteiger partial charge in [0.25, 0.3) is 0 Å². The molecule has 0 N–H and O–H groups in total. The molecule has 4 heteroatoms. The molecule has 0 radical (unpaired) electrons. The Kier molecular flexibility index (Phi) is 4.26. The van der Waals surface area contributed by atoms with E-state index in [1.807, 2.05) is 19.1 Å². The van der Waals surface area contributed by atoms with Crippen LogP contribution in [0.25, 0.3) is 11.0 Å². The molecule has 0 saturated carbocycles. The molecular weight excluding hydrogens is 252 g/mol. The van der Waals surface area contributed by atoms with E-state index >= 15 is 0 Å². The fourth-order valence-electron chi connectivity index (χ4n) is 1.78. The summed E-state index contributed by atoms with van der Waals surface area (Å²) in [4.78, 5) is 11.3. The third-order valence-electron chi connectivity index (χ3n) is 2.72. The van der Waals surface area contributed by atoms with Crippen LogP contribution in [0.15, 0.2) is 33.5 Å². The van der Waals surface area contributed by atoms with Gasteiger partial charge in [0.15, 0.2) is 0 Å². The maximum atomic E-state index is 11.3. The van der Waals surface area contributed by atoms with Crippen molar-refractivity contribution >= 4 is 22.6 Å². The molecule has 18 heavy (non-hydrogen) atoms. The number of benzene rings is 1. The average Bonchev–Trinajstić information content (AvgIpc) is 2.34. The SMILES string of the molecule is Cc1cc(=O)oc2cc(OCCCCCl)ccc12. The summed E-state index contributed by atoms with van der Waals surface area (Å²) < 4.78 is 10.7. The van der Waals surface area contributed by atoms with Gasteiger partial charge in [0.2, 0.25) is 0 Å². The molecule has 0 saturated heterocycles. The summed E-state index contributed by atoms with van der Waals surface area (Å²) in [6.07, 6.45) is 1.85. The van der Waals surface area contributed by atoms with E-state index in [4.69, 9.17) is 20.8 Å². The highest BCUT2D eigenvalue weighted by Crippen LogP contribution is 2.22. The van der Waals surface area contributed by atoms with Crippen molar-refractivity contribution in [1.82, 2.24) is 0 Å². The van der Waals surface area contributed by atoms with E-state index in [2.05, 4.69) is 0 Å². The molecule has 0 aliphatic heterocycles. The Morgan fingerprint density at radius 3 is 2.89 bits per heavy atom. The molecule has 2 rings (SSSR count). The van der Waals surface area contributed by atoms with Gasteiger partial charge >= 0.3 is 5.63 Å². The first-order valence-corrected chi connectivity index (χ1v) is 6.47. The lowest BCUT2D eigenvalue weighted by atomic mass is 10.1. The van der Waals surface area contributed by atoms with Crippen LogP contribution < -0.4 is 10.4 Å². The molecule has 0 unspecified atom stereocenters. The number of hydrogen-bond acceptors (Lipinski definition) is 3. The quantitative estimate of drug-likeness (QED) is 0.472. The van der Waals surface area contributed by atoms with Crippen molar-refractivity contribution in [2.24, 2.45) is 0 Å². The molecule has 0 fully saturated rings. The standard InChI is InChI=1S/C14H15ClO3/c1-10-8-14(16)18-13-9-11(4-5-12(10)13)17-7-3-2-6-15/h4-5,8-9H,2-3,6-7H2,1H3. The summed E-state index contributed by atoms with van der Waals surface area (Å²) in [5.74, 6) is 1.36. The smallest absolute Gasteiger partial charge is 0.336 e. The van der Waals surface area contributed by atoms with Gasteiger partial charge in [-0.1, -0.05) is 0 Å². The Balaban J connectivity index is 2.19. The van der Waals surface area contributed by atoms with E-state index in [0.29, 0.717) is 23.8 Å². The first-order valence-electron chi connectivity index (χ1n) is 5.94. The lowest BCUT2D eigenvalue weighted by molar-refractivity contribution is 0.309. The maximum Gasteiger partial charge on any atom is 0.336 e. The fraction of sp³-hybridized carbons (Fsp3) is 0.357. The fourth-order valence-corrected chi connectivity index (χ4v) is 1.97. The van der Waals surface area contributed by atoms with Crippen LogP contribution >= 0.6 is 11.6 Å². The van der Waals surface area contributed by atoms with Crippen molar-refractivity contribution in [3.63, 3.8) is 0 Å². The van der Waals surface area contributed by atoms with Crippen LogP contribution in [-0.2, 0) is 0 Å². The number of alkyl halides is 1.